The summed E-state index contributed by atoms with van der Waals surface area (Å²) in [6, 6.07) is 0. The van der Waals surface area contributed by atoms with Gasteiger partial charge in [-0.15, -0.1) is 23.1 Å². The summed E-state index contributed by atoms with van der Waals surface area (Å²) in [5, 5.41) is 2.27. The molecule has 1 aromatic rings. The Hall–Kier alpha value is 0.0500. The number of fused-ring (bicyclic) bond motifs is 1. The molecular weight excluding hydrogens is 160 g/mol. The van der Waals surface area contributed by atoms with Gasteiger partial charge in [-0.05, 0) is 17.9 Å². The van der Waals surface area contributed by atoms with E-state index in [-0.39, 0.29) is 0 Å². The minimum atomic E-state index is 0.804. The van der Waals surface area contributed by atoms with Gasteiger partial charge >= 0.3 is 0 Å². The van der Waals surface area contributed by atoms with Gasteiger partial charge < -0.3 is 0 Å². The van der Waals surface area contributed by atoms with E-state index in [0.717, 1.165) is 5.92 Å². The van der Waals surface area contributed by atoms with E-state index in [1.54, 1.807) is 9.77 Å². The van der Waals surface area contributed by atoms with Crippen molar-refractivity contribution in [3.8, 4) is 0 Å². The lowest BCUT2D eigenvalue weighted by molar-refractivity contribution is 0.907. The first kappa shape index (κ1) is 6.74. The van der Waals surface area contributed by atoms with E-state index in [4.69, 9.17) is 0 Å². The number of thioether (sulfide) groups is 1. The average molecular weight is 170 g/mol. The largest absolute Gasteiger partial charge is 0.147 e. The van der Waals surface area contributed by atoms with E-state index < -0.39 is 0 Å². The van der Waals surface area contributed by atoms with Crippen LogP contribution in [0.1, 0.15) is 23.3 Å². The maximum Gasteiger partial charge on any atom is 0.0244 e. The molecule has 0 aromatic carbocycles. The second-order valence-electron chi connectivity index (χ2n) is 2.82. The van der Waals surface area contributed by atoms with Crippen LogP contribution < -0.4 is 0 Å². The summed E-state index contributed by atoms with van der Waals surface area (Å²) < 4.78 is 0. The number of rotatable bonds is 0. The maximum atomic E-state index is 2.31. The molecule has 10 heavy (non-hydrogen) atoms. The summed E-state index contributed by atoms with van der Waals surface area (Å²) >= 11 is 3.95. The third-order valence-electron chi connectivity index (χ3n) is 1.87. The quantitative estimate of drug-likeness (QED) is 0.576. The molecule has 0 spiro atoms. The van der Waals surface area contributed by atoms with Crippen molar-refractivity contribution in [1.82, 2.24) is 0 Å². The fraction of sp³-hybridized carbons (Fsp3) is 0.500. The van der Waals surface area contributed by atoms with E-state index in [9.17, 15) is 0 Å². The predicted octanol–water partition coefficient (Wildman–Crippen LogP) is 3.27. The molecule has 2 rings (SSSR count). The third-order valence-corrected chi connectivity index (χ3v) is 4.83. The van der Waals surface area contributed by atoms with Crippen LogP contribution in [0.15, 0.2) is 10.3 Å². The Balaban J connectivity index is 2.53. The molecule has 0 bridgehead atoms. The monoisotopic (exact) mass is 170 g/mol. The van der Waals surface area contributed by atoms with Crippen LogP contribution >= 0.6 is 23.1 Å². The fourth-order valence-corrected chi connectivity index (χ4v) is 3.98. The molecule has 0 amide bonds. The average Bonchev–Trinajstić information content (AvgIpc) is 2.41. The zero-order chi connectivity index (χ0) is 7.14. The summed E-state index contributed by atoms with van der Waals surface area (Å²) in [7, 11) is 0. The van der Waals surface area contributed by atoms with Gasteiger partial charge in [-0.3, -0.25) is 0 Å². The van der Waals surface area contributed by atoms with Crippen LogP contribution in [-0.4, -0.2) is 5.75 Å². The second-order valence-corrected chi connectivity index (χ2v) is 4.77. The molecule has 1 aromatic heterocycles. The first-order valence-electron chi connectivity index (χ1n) is 3.50. The molecule has 2 heterocycles. The van der Waals surface area contributed by atoms with E-state index >= 15 is 0 Å². The van der Waals surface area contributed by atoms with Gasteiger partial charge in [0.2, 0.25) is 0 Å². The van der Waals surface area contributed by atoms with Crippen molar-refractivity contribution in [2.24, 2.45) is 0 Å². The van der Waals surface area contributed by atoms with Gasteiger partial charge in [0, 0.05) is 21.4 Å². The molecule has 0 saturated carbocycles. The van der Waals surface area contributed by atoms with Gasteiger partial charge in [0.1, 0.15) is 0 Å². The zero-order valence-corrected chi connectivity index (χ0v) is 7.81. The predicted molar refractivity (Wildman–Crippen MR) is 48.2 cm³/mol. The molecule has 1 atom stereocenters. The Bertz CT molecular complexity index is 250. The van der Waals surface area contributed by atoms with Crippen LogP contribution in [0, 0.1) is 6.92 Å². The zero-order valence-electron chi connectivity index (χ0n) is 6.18. The summed E-state index contributed by atoms with van der Waals surface area (Å²) in [5.74, 6) is 2.10. The first-order chi connectivity index (χ1) is 4.79. The Kier molecular flexibility index (Phi) is 1.53. The highest BCUT2D eigenvalue weighted by atomic mass is 32.2. The van der Waals surface area contributed by atoms with Crippen molar-refractivity contribution in [3.63, 3.8) is 0 Å². The van der Waals surface area contributed by atoms with Crippen LogP contribution in [-0.2, 0) is 0 Å². The molecule has 0 N–H and O–H groups in total. The van der Waals surface area contributed by atoms with Crippen molar-refractivity contribution in [1.29, 1.82) is 0 Å². The Labute approximate surface area is 69.6 Å². The molecule has 1 aliphatic heterocycles. The van der Waals surface area contributed by atoms with Crippen LogP contribution in [0.4, 0.5) is 0 Å². The van der Waals surface area contributed by atoms with E-state index in [0.29, 0.717) is 0 Å². The smallest absolute Gasteiger partial charge is 0.0244 e. The van der Waals surface area contributed by atoms with Crippen LogP contribution in [0.3, 0.4) is 0 Å². The van der Waals surface area contributed by atoms with Gasteiger partial charge in [0.05, 0.1) is 0 Å². The molecule has 0 saturated heterocycles. The molecule has 54 valence electrons. The highest BCUT2D eigenvalue weighted by Gasteiger charge is 2.22. The van der Waals surface area contributed by atoms with Crippen molar-refractivity contribution < 1.29 is 0 Å². The number of thiophene rings is 1. The summed E-state index contributed by atoms with van der Waals surface area (Å²) in [5.41, 5.74) is 1.48. The second kappa shape index (κ2) is 2.28. The van der Waals surface area contributed by atoms with Gasteiger partial charge in [0.25, 0.3) is 0 Å². The molecule has 0 radical (unpaired) electrons. The number of hydrogen-bond donors (Lipinski definition) is 0. The Morgan fingerprint density at radius 1 is 1.60 bits per heavy atom. The van der Waals surface area contributed by atoms with E-state index in [1.807, 2.05) is 23.1 Å². The minimum absolute atomic E-state index is 0.804. The summed E-state index contributed by atoms with van der Waals surface area (Å²) in [4.78, 5) is 3.18. The lowest BCUT2D eigenvalue weighted by atomic mass is 10.2. The van der Waals surface area contributed by atoms with E-state index in [1.165, 1.54) is 11.3 Å². The van der Waals surface area contributed by atoms with Crippen LogP contribution in [0.2, 0.25) is 0 Å². The highest BCUT2D eigenvalue weighted by Crippen LogP contribution is 2.44. The fourth-order valence-electron chi connectivity index (χ4n) is 1.26. The lowest BCUT2D eigenvalue weighted by Gasteiger charge is -1.94. The molecule has 0 aliphatic carbocycles. The Morgan fingerprint density at radius 3 is 3.10 bits per heavy atom. The summed E-state index contributed by atoms with van der Waals surface area (Å²) in [6.45, 7) is 4.52. The van der Waals surface area contributed by atoms with Crippen LogP contribution in [0.5, 0.6) is 0 Å². The van der Waals surface area contributed by atoms with Gasteiger partial charge in [-0.2, -0.15) is 0 Å². The highest BCUT2D eigenvalue weighted by molar-refractivity contribution is 7.99. The minimum Gasteiger partial charge on any atom is -0.147 e. The molecule has 1 aliphatic rings. The third kappa shape index (κ3) is 0.823. The Morgan fingerprint density at radius 2 is 2.40 bits per heavy atom. The molecule has 0 fully saturated rings. The van der Waals surface area contributed by atoms with Gasteiger partial charge in [-0.1, -0.05) is 6.92 Å². The van der Waals surface area contributed by atoms with Crippen molar-refractivity contribution in [2.45, 2.75) is 24.7 Å². The lowest BCUT2D eigenvalue weighted by Crippen LogP contribution is -1.83. The van der Waals surface area contributed by atoms with Gasteiger partial charge in [-0.25, -0.2) is 0 Å². The molecule has 1 unspecified atom stereocenters. The normalized spacial score (nSPS) is 23.2. The molecule has 0 nitrogen and oxygen atoms in total. The standard InChI is InChI=1S/C8H10S2/c1-5-3-9-8-6(2)4-10-7(5)8/h3,6H,4H2,1-2H3. The van der Waals surface area contributed by atoms with Crippen molar-refractivity contribution >= 4 is 23.1 Å². The molecule has 2 heteroatoms. The first-order valence-corrected chi connectivity index (χ1v) is 5.36. The maximum absolute atomic E-state index is 2.31. The molecular formula is C8H10S2. The SMILES string of the molecule is Cc1csc2c1SCC2C. The van der Waals surface area contributed by atoms with Gasteiger partial charge in [0.15, 0.2) is 0 Å². The number of aryl methyl sites for hydroxylation is 1. The van der Waals surface area contributed by atoms with Crippen LogP contribution in [0.25, 0.3) is 0 Å². The number of hydrogen-bond acceptors (Lipinski definition) is 2. The van der Waals surface area contributed by atoms with Crippen molar-refractivity contribution in [2.75, 3.05) is 5.75 Å². The summed E-state index contributed by atoms with van der Waals surface area (Å²) in [6.07, 6.45) is 0. The van der Waals surface area contributed by atoms with Crippen molar-refractivity contribution in [3.05, 3.63) is 15.8 Å². The van der Waals surface area contributed by atoms with E-state index in [2.05, 4.69) is 19.2 Å². The topological polar surface area (TPSA) is 0 Å².